The first-order valence-corrected chi connectivity index (χ1v) is 7.09. The van der Waals surface area contributed by atoms with E-state index in [1.54, 1.807) is 0 Å². The molecule has 0 N–H and O–H groups in total. The first-order chi connectivity index (χ1) is 9.15. The molecule has 0 saturated carbocycles. The third kappa shape index (κ3) is 4.44. The second-order valence-corrected chi connectivity index (χ2v) is 5.37. The number of carbonyl (C=O) groups excluding carboxylic acids is 1. The van der Waals surface area contributed by atoms with Gasteiger partial charge in [-0.2, -0.15) is 0 Å². The Balaban J connectivity index is 1.84. The van der Waals surface area contributed by atoms with Crippen molar-refractivity contribution < 1.29 is 9.53 Å². The zero-order valence-electron chi connectivity index (χ0n) is 11.9. The lowest BCUT2D eigenvalue weighted by Gasteiger charge is -2.21. The van der Waals surface area contributed by atoms with Gasteiger partial charge in [-0.25, -0.2) is 0 Å². The molecule has 3 heteroatoms. The maximum Gasteiger partial charge on any atom is 0.164 e. The summed E-state index contributed by atoms with van der Waals surface area (Å²) in [5, 5.41) is 0. The lowest BCUT2D eigenvalue weighted by Crippen LogP contribution is -2.32. The summed E-state index contributed by atoms with van der Waals surface area (Å²) in [4.78, 5) is 14.4. The molecule has 0 aliphatic carbocycles. The third-order valence-corrected chi connectivity index (χ3v) is 3.56. The predicted octanol–water partition coefficient (Wildman–Crippen LogP) is 2.68. The maximum absolute atomic E-state index is 12.1. The second-order valence-electron chi connectivity index (χ2n) is 5.37. The van der Waals surface area contributed by atoms with E-state index in [9.17, 15) is 4.79 Å². The Morgan fingerprint density at radius 3 is 2.84 bits per heavy atom. The fourth-order valence-electron chi connectivity index (χ4n) is 2.43. The van der Waals surface area contributed by atoms with Gasteiger partial charge in [-0.3, -0.25) is 4.79 Å². The van der Waals surface area contributed by atoms with Crippen LogP contribution >= 0.6 is 0 Å². The predicted molar refractivity (Wildman–Crippen MR) is 76.6 cm³/mol. The molecule has 1 aromatic carbocycles. The molecule has 1 fully saturated rings. The molecule has 0 aromatic heterocycles. The van der Waals surface area contributed by atoms with Gasteiger partial charge in [0.25, 0.3) is 0 Å². The van der Waals surface area contributed by atoms with Crippen molar-refractivity contribution in [3.8, 4) is 0 Å². The van der Waals surface area contributed by atoms with Gasteiger partial charge in [0.15, 0.2) is 5.78 Å². The highest BCUT2D eigenvalue weighted by Crippen LogP contribution is 2.09. The molecular weight excluding hydrogens is 238 g/mol. The summed E-state index contributed by atoms with van der Waals surface area (Å²) in [6, 6.07) is 7.84. The molecule has 1 atom stereocenters. The summed E-state index contributed by atoms with van der Waals surface area (Å²) in [5.41, 5.74) is 2.01. The Hall–Kier alpha value is -1.19. The molecular formula is C16H23NO2. The van der Waals surface area contributed by atoms with Crippen molar-refractivity contribution in [2.75, 3.05) is 26.2 Å². The van der Waals surface area contributed by atoms with Gasteiger partial charge in [0, 0.05) is 38.2 Å². The van der Waals surface area contributed by atoms with E-state index in [1.807, 2.05) is 31.2 Å². The standard InChI is InChI=1S/C16H23NO2/c1-13-4-6-15(7-5-13)16(18)8-10-17-9-3-11-19-14(2)12-17/h4-7,14H,3,8-12H2,1-2H3. The fraction of sp³-hybridized carbons (Fsp3) is 0.562. The Kier molecular flexibility index (Phi) is 5.11. The number of rotatable bonds is 4. The number of Topliss-reactive ketones (excluding diaryl/α,β-unsaturated/α-hetero) is 1. The molecule has 1 heterocycles. The molecule has 0 amide bonds. The summed E-state index contributed by atoms with van der Waals surface area (Å²) in [7, 11) is 0. The van der Waals surface area contributed by atoms with Crippen LogP contribution in [0, 0.1) is 6.92 Å². The number of carbonyl (C=O) groups is 1. The Morgan fingerprint density at radius 1 is 1.37 bits per heavy atom. The van der Waals surface area contributed by atoms with Gasteiger partial charge >= 0.3 is 0 Å². The van der Waals surface area contributed by atoms with Crippen LogP contribution < -0.4 is 0 Å². The molecule has 19 heavy (non-hydrogen) atoms. The van der Waals surface area contributed by atoms with Crippen LogP contribution in [0.15, 0.2) is 24.3 Å². The lowest BCUT2D eigenvalue weighted by atomic mass is 10.1. The topological polar surface area (TPSA) is 29.5 Å². The van der Waals surface area contributed by atoms with Crippen molar-refractivity contribution in [1.82, 2.24) is 4.90 Å². The minimum absolute atomic E-state index is 0.234. The number of ketones is 1. The Bertz CT molecular complexity index is 413. The molecule has 1 saturated heterocycles. The van der Waals surface area contributed by atoms with Gasteiger partial charge in [0.2, 0.25) is 0 Å². The highest BCUT2D eigenvalue weighted by Gasteiger charge is 2.16. The highest BCUT2D eigenvalue weighted by molar-refractivity contribution is 5.96. The number of nitrogens with zero attached hydrogens (tertiary/aromatic N) is 1. The van der Waals surface area contributed by atoms with E-state index in [0.29, 0.717) is 6.42 Å². The number of ether oxygens (including phenoxy) is 1. The maximum atomic E-state index is 12.1. The fourth-order valence-corrected chi connectivity index (χ4v) is 2.43. The van der Waals surface area contributed by atoms with E-state index >= 15 is 0 Å². The largest absolute Gasteiger partial charge is 0.377 e. The molecule has 1 aromatic rings. The van der Waals surface area contributed by atoms with Gasteiger partial charge in [-0.05, 0) is 20.3 Å². The van der Waals surface area contributed by atoms with E-state index in [0.717, 1.165) is 38.2 Å². The SMILES string of the molecule is Cc1ccc(C(=O)CCN2CCCOC(C)C2)cc1. The second kappa shape index (κ2) is 6.83. The molecule has 1 unspecified atom stereocenters. The molecule has 3 nitrogen and oxygen atoms in total. The van der Waals surface area contributed by atoms with Gasteiger partial charge in [0.05, 0.1) is 6.10 Å². The minimum atomic E-state index is 0.234. The number of aryl methyl sites for hydroxylation is 1. The first-order valence-electron chi connectivity index (χ1n) is 7.09. The Labute approximate surface area is 115 Å². The van der Waals surface area contributed by atoms with Crippen molar-refractivity contribution in [3.63, 3.8) is 0 Å². The van der Waals surface area contributed by atoms with Crippen LogP contribution in [0.3, 0.4) is 0 Å². The average Bonchev–Trinajstić information content (AvgIpc) is 2.61. The lowest BCUT2D eigenvalue weighted by molar-refractivity contribution is 0.0668. The monoisotopic (exact) mass is 261 g/mol. The van der Waals surface area contributed by atoms with E-state index < -0.39 is 0 Å². The van der Waals surface area contributed by atoms with Crippen molar-refractivity contribution in [1.29, 1.82) is 0 Å². The number of hydrogen-bond acceptors (Lipinski definition) is 3. The number of hydrogen-bond donors (Lipinski definition) is 0. The van der Waals surface area contributed by atoms with Crippen molar-refractivity contribution in [3.05, 3.63) is 35.4 Å². The molecule has 0 bridgehead atoms. The quantitative estimate of drug-likeness (QED) is 0.780. The summed E-state index contributed by atoms with van der Waals surface area (Å²) in [6.45, 7) is 7.77. The van der Waals surface area contributed by atoms with Crippen LogP contribution in [-0.2, 0) is 4.74 Å². The average molecular weight is 261 g/mol. The molecule has 104 valence electrons. The van der Waals surface area contributed by atoms with Crippen molar-refractivity contribution >= 4 is 5.78 Å². The zero-order chi connectivity index (χ0) is 13.7. The van der Waals surface area contributed by atoms with E-state index in [2.05, 4.69) is 11.8 Å². The normalized spacial score (nSPS) is 21.1. The van der Waals surface area contributed by atoms with Crippen LogP contribution in [-0.4, -0.2) is 43.0 Å². The molecule has 0 radical (unpaired) electrons. The van der Waals surface area contributed by atoms with Crippen LogP contribution in [0.4, 0.5) is 0 Å². The Morgan fingerprint density at radius 2 is 2.11 bits per heavy atom. The number of benzene rings is 1. The molecule has 1 aliphatic heterocycles. The van der Waals surface area contributed by atoms with E-state index in [-0.39, 0.29) is 11.9 Å². The van der Waals surface area contributed by atoms with Gasteiger partial charge < -0.3 is 9.64 Å². The molecule has 0 spiro atoms. The van der Waals surface area contributed by atoms with Crippen LogP contribution in [0.25, 0.3) is 0 Å². The highest BCUT2D eigenvalue weighted by atomic mass is 16.5. The molecule has 2 rings (SSSR count). The van der Waals surface area contributed by atoms with Crippen LogP contribution in [0.2, 0.25) is 0 Å². The summed E-state index contributed by atoms with van der Waals surface area (Å²) in [6.07, 6.45) is 1.93. The summed E-state index contributed by atoms with van der Waals surface area (Å²) >= 11 is 0. The van der Waals surface area contributed by atoms with Gasteiger partial charge in [-0.15, -0.1) is 0 Å². The van der Waals surface area contributed by atoms with Gasteiger partial charge in [-0.1, -0.05) is 29.8 Å². The minimum Gasteiger partial charge on any atom is -0.377 e. The summed E-state index contributed by atoms with van der Waals surface area (Å²) in [5.74, 6) is 0.234. The zero-order valence-corrected chi connectivity index (χ0v) is 11.9. The van der Waals surface area contributed by atoms with Crippen molar-refractivity contribution in [2.45, 2.75) is 32.8 Å². The van der Waals surface area contributed by atoms with Crippen molar-refractivity contribution in [2.24, 2.45) is 0 Å². The first kappa shape index (κ1) is 14.2. The van der Waals surface area contributed by atoms with E-state index in [1.165, 1.54) is 5.56 Å². The van der Waals surface area contributed by atoms with Crippen LogP contribution in [0.5, 0.6) is 0 Å². The smallest absolute Gasteiger partial charge is 0.164 e. The van der Waals surface area contributed by atoms with E-state index in [4.69, 9.17) is 4.74 Å². The summed E-state index contributed by atoms with van der Waals surface area (Å²) < 4.78 is 5.61. The van der Waals surface area contributed by atoms with Crippen LogP contribution in [0.1, 0.15) is 35.7 Å². The van der Waals surface area contributed by atoms with Gasteiger partial charge in [0.1, 0.15) is 0 Å². The third-order valence-electron chi connectivity index (χ3n) is 3.56. The molecule has 1 aliphatic rings.